The third kappa shape index (κ3) is 5.42. The molecule has 9 heteroatoms. The minimum absolute atomic E-state index is 0. The Labute approximate surface area is 157 Å². The number of benzene rings is 2. The minimum Gasteiger partial charge on any atom is -0.496 e. The van der Waals surface area contributed by atoms with Crippen LogP contribution >= 0.6 is 28.3 Å². The van der Waals surface area contributed by atoms with Gasteiger partial charge in [-0.15, -0.1) is 25.6 Å². The Morgan fingerprint density at radius 3 is 2.04 bits per heavy atom. The number of hydrogen-bond acceptors (Lipinski definition) is 4. The van der Waals surface area contributed by atoms with Crippen LogP contribution in [-0.4, -0.2) is 20.6 Å². The molecule has 138 valence electrons. The summed E-state index contributed by atoms with van der Waals surface area (Å²) in [5.74, 6) is 0.794. The highest BCUT2D eigenvalue weighted by molar-refractivity contribution is 9.10. The fourth-order valence-corrected chi connectivity index (χ4v) is 2.67. The van der Waals surface area contributed by atoms with E-state index in [0.717, 1.165) is 0 Å². The van der Waals surface area contributed by atoms with Gasteiger partial charge in [0.15, 0.2) is 0 Å². The minimum atomic E-state index is -4.73. The summed E-state index contributed by atoms with van der Waals surface area (Å²) in [7, 11) is 3.02. The van der Waals surface area contributed by atoms with Crippen molar-refractivity contribution in [3.63, 3.8) is 0 Å². The van der Waals surface area contributed by atoms with E-state index < -0.39 is 12.4 Å². The fraction of sp³-hybridized carbons (Fsp3) is 0.250. The molecule has 0 heterocycles. The highest BCUT2D eigenvalue weighted by Crippen LogP contribution is 2.37. The first-order chi connectivity index (χ1) is 11.2. The molecule has 0 saturated carbocycles. The van der Waals surface area contributed by atoms with Crippen molar-refractivity contribution in [1.29, 1.82) is 0 Å². The molecule has 1 atom stereocenters. The van der Waals surface area contributed by atoms with Gasteiger partial charge in [-0.1, -0.05) is 12.1 Å². The zero-order valence-electron chi connectivity index (χ0n) is 13.3. The van der Waals surface area contributed by atoms with Crippen LogP contribution in [0.25, 0.3) is 0 Å². The van der Waals surface area contributed by atoms with Gasteiger partial charge in [0, 0.05) is 5.56 Å². The van der Waals surface area contributed by atoms with Crippen LogP contribution in [0, 0.1) is 0 Å². The van der Waals surface area contributed by atoms with E-state index in [0.29, 0.717) is 27.1 Å². The zero-order chi connectivity index (χ0) is 17.9. The third-order valence-electron chi connectivity index (χ3n) is 3.31. The van der Waals surface area contributed by atoms with E-state index in [4.69, 9.17) is 15.2 Å². The Kier molecular flexibility index (Phi) is 7.40. The molecule has 2 aromatic rings. The molecule has 0 unspecified atom stereocenters. The van der Waals surface area contributed by atoms with Crippen molar-refractivity contribution >= 4 is 28.3 Å². The molecule has 0 saturated heterocycles. The molecule has 0 radical (unpaired) electrons. The monoisotopic (exact) mass is 441 g/mol. The van der Waals surface area contributed by atoms with Crippen molar-refractivity contribution in [3.8, 4) is 17.2 Å². The van der Waals surface area contributed by atoms with Crippen molar-refractivity contribution in [2.24, 2.45) is 5.73 Å². The first kappa shape index (κ1) is 21.4. The predicted molar refractivity (Wildman–Crippen MR) is 93.6 cm³/mol. The Bertz CT molecular complexity index is 711. The van der Waals surface area contributed by atoms with Crippen LogP contribution in [-0.2, 0) is 0 Å². The Morgan fingerprint density at radius 2 is 1.56 bits per heavy atom. The maximum absolute atomic E-state index is 12.2. The van der Waals surface area contributed by atoms with E-state index in [2.05, 4.69) is 20.7 Å². The first-order valence-electron chi connectivity index (χ1n) is 6.78. The molecule has 2 N–H and O–H groups in total. The molecule has 2 aromatic carbocycles. The van der Waals surface area contributed by atoms with Gasteiger partial charge < -0.3 is 19.9 Å². The quantitative estimate of drug-likeness (QED) is 0.720. The molecule has 0 amide bonds. The molecule has 0 bridgehead atoms. The lowest BCUT2D eigenvalue weighted by atomic mass is 9.98. The van der Waals surface area contributed by atoms with Gasteiger partial charge in [-0.2, -0.15) is 0 Å². The van der Waals surface area contributed by atoms with Crippen LogP contribution in [0.15, 0.2) is 40.9 Å². The van der Waals surface area contributed by atoms with Crippen LogP contribution in [0.1, 0.15) is 17.2 Å². The fourth-order valence-electron chi connectivity index (χ4n) is 2.18. The van der Waals surface area contributed by atoms with Crippen LogP contribution < -0.4 is 19.9 Å². The second-order valence-electron chi connectivity index (χ2n) is 4.82. The molecule has 2 rings (SSSR count). The normalized spacial score (nSPS) is 12.1. The van der Waals surface area contributed by atoms with Gasteiger partial charge in [0.25, 0.3) is 0 Å². The molecule has 25 heavy (non-hydrogen) atoms. The third-order valence-corrected chi connectivity index (χ3v) is 3.93. The second-order valence-corrected chi connectivity index (χ2v) is 5.68. The number of ether oxygens (including phenoxy) is 3. The second kappa shape index (κ2) is 8.64. The summed E-state index contributed by atoms with van der Waals surface area (Å²) in [6.07, 6.45) is -4.73. The Morgan fingerprint density at radius 1 is 1.00 bits per heavy atom. The molecular formula is C16H16BrClF3NO3. The van der Waals surface area contributed by atoms with E-state index in [1.807, 2.05) is 0 Å². The van der Waals surface area contributed by atoms with Crippen molar-refractivity contribution in [3.05, 3.63) is 52.0 Å². The van der Waals surface area contributed by atoms with Gasteiger partial charge >= 0.3 is 6.36 Å². The van der Waals surface area contributed by atoms with E-state index in [-0.39, 0.29) is 18.2 Å². The highest BCUT2D eigenvalue weighted by atomic mass is 79.9. The molecule has 0 aliphatic heterocycles. The lowest BCUT2D eigenvalue weighted by Crippen LogP contribution is -2.17. The van der Waals surface area contributed by atoms with Crippen molar-refractivity contribution in [2.45, 2.75) is 12.4 Å². The van der Waals surface area contributed by atoms with Crippen molar-refractivity contribution < 1.29 is 27.4 Å². The van der Waals surface area contributed by atoms with Crippen LogP contribution in [0.5, 0.6) is 17.2 Å². The summed E-state index contributed by atoms with van der Waals surface area (Å²) >= 11 is 3.36. The first-order valence-corrected chi connectivity index (χ1v) is 7.57. The van der Waals surface area contributed by atoms with Crippen LogP contribution in [0.2, 0.25) is 0 Å². The number of halogens is 5. The maximum atomic E-state index is 12.2. The summed E-state index contributed by atoms with van der Waals surface area (Å²) in [5, 5.41) is 0. The molecule has 0 aliphatic rings. The summed E-state index contributed by atoms with van der Waals surface area (Å²) in [6, 6.07) is 8.19. The summed E-state index contributed by atoms with van der Waals surface area (Å²) < 4.78 is 51.7. The van der Waals surface area contributed by atoms with Gasteiger partial charge in [-0.05, 0) is 45.8 Å². The summed E-state index contributed by atoms with van der Waals surface area (Å²) in [5.41, 5.74) is 7.47. The van der Waals surface area contributed by atoms with Gasteiger partial charge in [-0.3, -0.25) is 0 Å². The average Bonchev–Trinajstić information content (AvgIpc) is 2.53. The maximum Gasteiger partial charge on any atom is 0.573 e. The standard InChI is InChI=1S/C16H15BrF3NO3.ClH/c1-22-13-8-12(17)14(23-2)7-11(13)15(21)9-3-5-10(6-4-9)24-16(18,19)20;/h3-8,15H,21H2,1-2H3;1H/t15-;/m1./s1. The van der Waals surface area contributed by atoms with E-state index in [1.165, 1.54) is 38.5 Å². The SMILES string of the molecule is COc1cc([C@H](N)c2ccc(OC(F)(F)F)cc2)c(OC)cc1Br.Cl. The van der Waals surface area contributed by atoms with E-state index >= 15 is 0 Å². The smallest absolute Gasteiger partial charge is 0.496 e. The number of alkyl halides is 3. The molecular weight excluding hydrogens is 427 g/mol. The Balaban J connectivity index is 0.00000312. The number of rotatable bonds is 5. The molecule has 4 nitrogen and oxygen atoms in total. The van der Waals surface area contributed by atoms with Gasteiger partial charge in [-0.25, -0.2) is 0 Å². The zero-order valence-corrected chi connectivity index (χ0v) is 15.7. The van der Waals surface area contributed by atoms with Crippen molar-refractivity contribution in [1.82, 2.24) is 0 Å². The lowest BCUT2D eigenvalue weighted by Gasteiger charge is -2.18. The molecule has 0 spiro atoms. The Hall–Kier alpha value is -1.64. The average molecular weight is 443 g/mol. The predicted octanol–water partition coefficient (Wildman–Crippen LogP) is 4.83. The van der Waals surface area contributed by atoms with Gasteiger partial charge in [0.2, 0.25) is 0 Å². The number of methoxy groups -OCH3 is 2. The number of nitrogens with two attached hydrogens (primary N) is 1. The summed E-state index contributed by atoms with van der Waals surface area (Å²) in [4.78, 5) is 0. The molecule has 0 aliphatic carbocycles. The van der Waals surface area contributed by atoms with Crippen molar-refractivity contribution in [2.75, 3.05) is 14.2 Å². The highest BCUT2D eigenvalue weighted by Gasteiger charge is 2.31. The molecule has 0 aromatic heterocycles. The number of hydrogen-bond donors (Lipinski definition) is 1. The van der Waals surface area contributed by atoms with Gasteiger partial charge in [0.05, 0.1) is 24.7 Å². The van der Waals surface area contributed by atoms with E-state index in [9.17, 15) is 13.2 Å². The van der Waals surface area contributed by atoms with Crippen LogP contribution in [0.4, 0.5) is 13.2 Å². The molecule has 0 fully saturated rings. The summed E-state index contributed by atoms with van der Waals surface area (Å²) in [6.45, 7) is 0. The largest absolute Gasteiger partial charge is 0.573 e. The van der Waals surface area contributed by atoms with E-state index in [1.54, 1.807) is 12.1 Å². The van der Waals surface area contributed by atoms with Gasteiger partial charge in [0.1, 0.15) is 17.2 Å². The topological polar surface area (TPSA) is 53.7 Å². The van der Waals surface area contributed by atoms with Crippen LogP contribution in [0.3, 0.4) is 0 Å². The lowest BCUT2D eigenvalue weighted by molar-refractivity contribution is -0.274.